The van der Waals surface area contributed by atoms with Gasteiger partial charge in [0.1, 0.15) is 5.84 Å². The van der Waals surface area contributed by atoms with Crippen molar-refractivity contribution in [1.29, 1.82) is 0 Å². The van der Waals surface area contributed by atoms with Gasteiger partial charge in [-0.25, -0.2) is 10.4 Å². The molecule has 0 amide bonds. The van der Waals surface area contributed by atoms with Gasteiger partial charge < -0.3 is 5.11 Å². The van der Waals surface area contributed by atoms with Gasteiger partial charge in [0.15, 0.2) is 0 Å². The minimum Gasteiger partial charge on any atom is -0.354 e. The predicted octanol–water partition coefficient (Wildman–Crippen LogP) is -1.36. The molecular weight excluding hydrogens is 120 g/mol. The molecule has 1 atom stereocenters. The van der Waals surface area contributed by atoms with Crippen molar-refractivity contribution < 1.29 is 5.11 Å². The highest BCUT2D eigenvalue weighted by atomic mass is 16.3. The van der Waals surface area contributed by atoms with E-state index in [0.29, 0.717) is 0 Å². The number of rotatable bonds is 1. The highest BCUT2D eigenvalue weighted by molar-refractivity contribution is 5.80. The second-order valence-corrected chi connectivity index (χ2v) is 1.76. The van der Waals surface area contributed by atoms with Crippen LogP contribution >= 0.6 is 0 Å². The molecule has 9 heavy (non-hydrogen) atoms. The summed E-state index contributed by atoms with van der Waals surface area (Å²) in [6.07, 6.45) is -0.727. The Labute approximate surface area is 53.3 Å². The minimum absolute atomic E-state index is 0.727. The molecule has 0 radical (unpaired) electrons. The summed E-state index contributed by atoms with van der Waals surface area (Å²) >= 11 is 0. The topological polar surface area (TPSA) is 59.9 Å². The molecule has 5 nitrogen and oxygen atoms in total. The summed E-state index contributed by atoms with van der Waals surface area (Å²) in [5.41, 5.74) is 5.23. The van der Waals surface area contributed by atoms with Crippen LogP contribution < -0.4 is 10.9 Å². The molecule has 3 N–H and O–H groups in total. The van der Waals surface area contributed by atoms with E-state index >= 15 is 0 Å². The molecule has 0 saturated heterocycles. The van der Waals surface area contributed by atoms with E-state index < -0.39 is 6.35 Å². The Morgan fingerprint density at radius 1 is 1.89 bits per heavy atom. The van der Waals surface area contributed by atoms with E-state index in [1.54, 1.807) is 14.0 Å². The number of amidine groups is 1. The van der Waals surface area contributed by atoms with Crippen LogP contribution in [0.1, 0.15) is 6.92 Å². The first-order chi connectivity index (χ1) is 4.25. The number of nitrogens with zero attached hydrogens (tertiary/aromatic N) is 2. The van der Waals surface area contributed by atoms with E-state index in [9.17, 15) is 0 Å². The van der Waals surface area contributed by atoms with E-state index in [1.807, 2.05) is 0 Å². The normalized spacial score (nSPS) is 25.9. The summed E-state index contributed by atoms with van der Waals surface area (Å²) < 4.78 is 0. The fourth-order valence-corrected chi connectivity index (χ4v) is 0.724. The first-order valence-corrected chi connectivity index (χ1v) is 2.70. The molecule has 52 valence electrons. The summed E-state index contributed by atoms with van der Waals surface area (Å²) in [6, 6.07) is 0. The van der Waals surface area contributed by atoms with Gasteiger partial charge in [-0.15, -0.1) is 0 Å². The maximum atomic E-state index is 9.00. The van der Waals surface area contributed by atoms with Gasteiger partial charge in [0, 0.05) is 7.05 Å². The van der Waals surface area contributed by atoms with Crippen LogP contribution in [0.3, 0.4) is 0 Å². The Morgan fingerprint density at radius 3 is 2.78 bits per heavy atom. The zero-order chi connectivity index (χ0) is 6.85. The zero-order valence-corrected chi connectivity index (χ0v) is 5.42. The Morgan fingerprint density at radius 2 is 2.56 bits per heavy atom. The van der Waals surface area contributed by atoms with Crippen molar-refractivity contribution in [1.82, 2.24) is 15.9 Å². The third kappa shape index (κ3) is 0.962. The minimum atomic E-state index is -0.727. The first-order valence-electron chi connectivity index (χ1n) is 2.70. The molecule has 0 spiro atoms. The summed E-state index contributed by atoms with van der Waals surface area (Å²) in [7, 11) is 1.72. The van der Waals surface area contributed by atoms with Gasteiger partial charge in [-0.2, -0.15) is 5.10 Å². The van der Waals surface area contributed by atoms with Gasteiger partial charge in [0.05, 0.1) is 0 Å². The maximum absolute atomic E-state index is 9.00. The van der Waals surface area contributed by atoms with Crippen molar-refractivity contribution in [2.75, 3.05) is 7.05 Å². The highest BCUT2D eigenvalue weighted by Gasteiger charge is 2.19. The number of aliphatic hydroxyl groups excluding tert-OH is 1. The van der Waals surface area contributed by atoms with Crippen LogP contribution in [0, 0.1) is 0 Å². The van der Waals surface area contributed by atoms with E-state index in [4.69, 9.17) is 5.11 Å². The fourth-order valence-electron chi connectivity index (χ4n) is 0.724. The smallest absolute Gasteiger partial charge is 0.235 e. The van der Waals surface area contributed by atoms with Crippen molar-refractivity contribution in [3.63, 3.8) is 0 Å². The molecule has 0 aromatic carbocycles. The largest absolute Gasteiger partial charge is 0.354 e. The number of hydrogen-bond acceptors (Lipinski definition) is 5. The highest BCUT2D eigenvalue weighted by Crippen LogP contribution is 1.96. The van der Waals surface area contributed by atoms with Crippen LogP contribution in [-0.2, 0) is 0 Å². The molecule has 1 aliphatic rings. The van der Waals surface area contributed by atoms with Crippen LogP contribution in [-0.4, -0.2) is 29.4 Å². The molecule has 0 aliphatic carbocycles. The summed E-state index contributed by atoms with van der Waals surface area (Å²) in [5.74, 6) is 0.727. The van der Waals surface area contributed by atoms with E-state index in [1.165, 1.54) is 5.01 Å². The third-order valence-corrected chi connectivity index (χ3v) is 1.18. The van der Waals surface area contributed by atoms with Gasteiger partial charge in [0.2, 0.25) is 6.35 Å². The molecule has 5 heteroatoms. The van der Waals surface area contributed by atoms with Crippen molar-refractivity contribution in [3.05, 3.63) is 0 Å². The molecule has 0 aromatic rings. The molecule has 0 bridgehead atoms. The number of hydrogen-bond donors (Lipinski definition) is 3. The number of hydrazone groups is 1. The van der Waals surface area contributed by atoms with Crippen molar-refractivity contribution in [3.8, 4) is 0 Å². The van der Waals surface area contributed by atoms with Gasteiger partial charge in [-0.05, 0) is 6.92 Å². The van der Waals surface area contributed by atoms with Crippen molar-refractivity contribution in [2.24, 2.45) is 5.10 Å². The van der Waals surface area contributed by atoms with Gasteiger partial charge in [-0.3, -0.25) is 5.43 Å². The molecule has 1 heterocycles. The molecule has 0 saturated carbocycles. The summed E-state index contributed by atoms with van der Waals surface area (Å²) in [5, 5.41) is 14.3. The van der Waals surface area contributed by atoms with Crippen LogP contribution in [0.5, 0.6) is 0 Å². The lowest BCUT2D eigenvalue weighted by Gasteiger charge is -2.19. The fraction of sp³-hybridized carbons (Fsp3) is 0.750. The van der Waals surface area contributed by atoms with Gasteiger partial charge in [-0.1, -0.05) is 0 Å². The lowest BCUT2D eigenvalue weighted by molar-refractivity contribution is 0.0178. The molecule has 0 fully saturated rings. The van der Waals surface area contributed by atoms with E-state index in [2.05, 4.69) is 16.0 Å². The monoisotopic (exact) mass is 130 g/mol. The van der Waals surface area contributed by atoms with E-state index in [0.717, 1.165) is 5.84 Å². The SMILES string of the molecule is CNN1C(C)=NNC1O. The predicted molar refractivity (Wildman–Crippen MR) is 33.2 cm³/mol. The molecule has 1 unspecified atom stereocenters. The Bertz CT molecular complexity index is 135. The van der Waals surface area contributed by atoms with Crippen molar-refractivity contribution >= 4 is 5.84 Å². The number of nitrogens with one attached hydrogen (secondary N) is 2. The second-order valence-electron chi connectivity index (χ2n) is 1.76. The van der Waals surface area contributed by atoms with Crippen LogP contribution in [0.25, 0.3) is 0 Å². The quantitative estimate of drug-likeness (QED) is 0.410. The summed E-state index contributed by atoms with van der Waals surface area (Å²) in [4.78, 5) is 0. The summed E-state index contributed by atoms with van der Waals surface area (Å²) in [6.45, 7) is 1.79. The second kappa shape index (κ2) is 2.20. The van der Waals surface area contributed by atoms with Crippen LogP contribution in [0.15, 0.2) is 5.10 Å². The Hall–Kier alpha value is -0.810. The molecular formula is C4H10N4O. The standard InChI is InChI=1S/C4H10N4O/c1-3-6-7-4(9)8(3)5-2/h4-5,7,9H,1-2H3. The number of hydrazine groups is 1. The average Bonchev–Trinajstić information content (AvgIpc) is 2.12. The lowest BCUT2D eigenvalue weighted by atomic mass is 10.6. The Balaban J connectivity index is 2.57. The van der Waals surface area contributed by atoms with Gasteiger partial charge >= 0.3 is 0 Å². The van der Waals surface area contributed by atoms with Crippen LogP contribution in [0.2, 0.25) is 0 Å². The molecule has 1 rings (SSSR count). The lowest BCUT2D eigenvalue weighted by Crippen LogP contribution is -2.46. The maximum Gasteiger partial charge on any atom is 0.235 e. The van der Waals surface area contributed by atoms with Crippen molar-refractivity contribution in [2.45, 2.75) is 13.3 Å². The van der Waals surface area contributed by atoms with Gasteiger partial charge in [0.25, 0.3) is 0 Å². The first kappa shape index (κ1) is 6.31. The van der Waals surface area contributed by atoms with E-state index in [-0.39, 0.29) is 0 Å². The average molecular weight is 130 g/mol. The Kier molecular flexibility index (Phi) is 1.54. The number of aliphatic hydroxyl groups is 1. The molecule has 0 aromatic heterocycles. The van der Waals surface area contributed by atoms with Crippen LogP contribution in [0.4, 0.5) is 0 Å². The zero-order valence-electron chi connectivity index (χ0n) is 5.42. The third-order valence-electron chi connectivity index (χ3n) is 1.18. The molecule has 1 aliphatic heterocycles.